The predicted octanol–water partition coefficient (Wildman–Crippen LogP) is 2.88. The van der Waals surface area contributed by atoms with E-state index < -0.39 is 0 Å². The third-order valence-corrected chi connectivity index (χ3v) is 4.04. The quantitative estimate of drug-likeness (QED) is 0.499. The lowest BCUT2D eigenvalue weighted by Crippen LogP contribution is -2.37. The summed E-state index contributed by atoms with van der Waals surface area (Å²) in [5.74, 6) is 0.0620. The molecule has 1 heterocycles. The van der Waals surface area contributed by atoms with Crippen molar-refractivity contribution in [2.24, 2.45) is 0 Å². The summed E-state index contributed by atoms with van der Waals surface area (Å²) < 4.78 is 4.99. The van der Waals surface area contributed by atoms with E-state index in [9.17, 15) is 9.90 Å². The van der Waals surface area contributed by atoms with Gasteiger partial charge in [0.05, 0.1) is 17.8 Å². The molecule has 4 N–H and O–H groups in total. The molecule has 0 atom stereocenters. The molecule has 7 nitrogen and oxygen atoms in total. The number of rotatable bonds is 6. The Bertz CT molecular complexity index is 926. The minimum Gasteiger partial charge on any atom is -0.504 e. The van der Waals surface area contributed by atoms with Gasteiger partial charge in [0.2, 0.25) is 0 Å². The largest absolute Gasteiger partial charge is 0.504 e. The summed E-state index contributed by atoms with van der Waals surface area (Å²) in [5.41, 5.74) is 7.77. The number of halogens is 1. The van der Waals surface area contributed by atoms with Gasteiger partial charge < -0.3 is 9.84 Å². The maximum absolute atomic E-state index is 12.2. The fourth-order valence-electron chi connectivity index (χ4n) is 2.38. The number of aromatic amines is 1. The lowest BCUT2D eigenvalue weighted by molar-refractivity contribution is 0.0927. The molecule has 0 radical (unpaired) electrons. The van der Waals surface area contributed by atoms with Crippen molar-refractivity contribution in [3.8, 4) is 22.8 Å². The van der Waals surface area contributed by atoms with Gasteiger partial charge >= 0.3 is 0 Å². The Hall–Kier alpha value is -3.03. The van der Waals surface area contributed by atoms with Crippen LogP contribution in [0.15, 0.2) is 48.5 Å². The number of methoxy groups -OCH3 is 1. The topological polar surface area (TPSA) is 99.3 Å². The van der Waals surface area contributed by atoms with Crippen molar-refractivity contribution in [1.82, 2.24) is 21.0 Å². The van der Waals surface area contributed by atoms with Gasteiger partial charge in [-0.3, -0.25) is 15.3 Å². The van der Waals surface area contributed by atoms with Crippen LogP contribution in [0.1, 0.15) is 16.1 Å². The number of aromatic nitrogens is 2. The molecule has 1 amide bonds. The number of hydrogen-bond acceptors (Lipinski definition) is 5. The average Bonchev–Trinajstić information content (AvgIpc) is 3.12. The maximum Gasteiger partial charge on any atom is 0.283 e. The SMILES string of the molecule is COc1ccc(CNNC(=O)c2cc(-c3ccccc3Cl)n[nH]2)cc1O. The van der Waals surface area contributed by atoms with Crippen molar-refractivity contribution in [3.05, 3.63) is 64.8 Å². The molecule has 3 rings (SSSR count). The van der Waals surface area contributed by atoms with Crippen LogP contribution in [-0.2, 0) is 6.54 Å². The molecule has 0 aliphatic rings. The highest BCUT2D eigenvalue weighted by Crippen LogP contribution is 2.27. The molecule has 3 aromatic rings. The molecule has 0 aliphatic heterocycles. The third-order valence-electron chi connectivity index (χ3n) is 3.71. The van der Waals surface area contributed by atoms with E-state index in [1.807, 2.05) is 18.2 Å². The fraction of sp³-hybridized carbons (Fsp3) is 0.111. The summed E-state index contributed by atoms with van der Waals surface area (Å²) in [7, 11) is 1.48. The molecular formula is C18H17ClN4O3. The summed E-state index contributed by atoms with van der Waals surface area (Å²) >= 11 is 6.14. The van der Waals surface area contributed by atoms with Crippen LogP contribution in [0.4, 0.5) is 0 Å². The van der Waals surface area contributed by atoms with Gasteiger partial charge in [0, 0.05) is 12.1 Å². The normalized spacial score (nSPS) is 10.5. The molecular weight excluding hydrogens is 356 g/mol. The number of H-pyrrole nitrogens is 1. The van der Waals surface area contributed by atoms with Gasteiger partial charge in [-0.25, -0.2) is 5.43 Å². The Morgan fingerprint density at radius 1 is 1.27 bits per heavy atom. The zero-order valence-electron chi connectivity index (χ0n) is 13.9. The van der Waals surface area contributed by atoms with Crippen LogP contribution in [0, 0.1) is 0 Å². The minimum atomic E-state index is -0.367. The molecule has 134 valence electrons. The van der Waals surface area contributed by atoms with Gasteiger partial charge in [0.25, 0.3) is 5.91 Å². The zero-order chi connectivity index (χ0) is 18.5. The molecule has 0 saturated carbocycles. The smallest absolute Gasteiger partial charge is 0.283 e. The molecule has 8 heteroatoms. The Kier molecular flexibility index (Phi) is 5.40. The molecule has 26 heavy (non-hydrogen) atoms. The van der Waals surface area contributed by atoms with Crippen LogP contribution in [0.25, 0.3) is 11.3 Å². The van der Waals surface area contributed by atoms with Gasteiger partial charge in [0.1, 0.15) is 5.69 Å². The Morgan fingerprint density at radius 3 is 2.81 bits per heavy atom. The Morgan fingerprint density at radius 2 is 2.08 bits per heavy atom. The summed E-state index contributed by atoms with van der Waals surface area (Å²) in [6.07, 6.45) is 0. The van der Waals surface area contributed by atoms with Gasteiger partial charge in [0.15, 0.2) is 11.5 Å². The molecule has 0 aliphatic carbocycles. The summed E-state index contributed by atoms with van der Waals surface area (Å²) in [6, 6.07) is 13.9. The molecule has 1 aromatic heterocycles. The van der Waals surface area contributed by atoms with E-state index in [-0.39, 0.29) is 11.7 Å². The monoisotopic (exact) mass is 372 g/mol. The van der Waals surface area contributed by atoms with Crippen LogP contribution >= 0.6 is 11.6 Å². The summed E-state index contributed by atoms with van der Waals surface area (Å²) in [5, 5.41) is 17.1. The molecule has 2 aromatic carbocycles. The zero-order valence-corrected chi connectivity index (χ0v) is 14.7. The van der Waals surface area contributed by atoms with E-state index in [4.69, 9.17) is 16.3 Å². The van der Waals surface area contributed by atoms with E-state index >= 15 is 0 Å². The predicted molar refractivity (Wildman–Crippen MR) is 98.0 cm³/mol. The molecule has 0 spiro atoms. The van der Waals surface area contributed by atoms with Crippen LogP contribution in [-0.4, -0.2) is 28.3 Å². The van der Waals surface area contributed by atoms with Gasteiger partial charge in [-0.2, -0.15) is 5.10 Å². The molecule has 0 saturated heterocycles. The Labute approximate surface area is 154 Å². The van der Waals surface area contributed by atoms with Crippen molar-refractivity contribution < 1.29 is 14.6 Å². The van der Waals surface area contributed by atoms with Crippen molar-refractivity contribution in [3.63, 3.8) is 0 Å². The lowest BCUT2D eigenvalue weighted by Gasteiger charge is -2.08. The van der Waals surface area contributed by atoms with Crippen molar-refractivity contribution in [2.45, 2.75) is 6.54 Å². The number of hydrogen-bond donors (Lipinski definition) is 4. The first-order valence-electron chi connectivity index (χ1n) is 7.78. The van der Waals surface area contributed by atoms with Gasteiger partial charge in [-0.1, -0.05) is 35.9 Å². The van der Waals surface area contributed by atoms with Crippen LogP contribution in [0.3, 0.4) is 0 Å². The number of phenolic OH excluding ortho intramolecular Hbond substituents is 1. The second-order valence-electron chi connectivity index (χ2n) is 5.46. The molecule has 0 bridgehead atoms. The van der Waals surface area contributed by atoms with Crippen molar-refractivity contribution in [2.75, 3.05) is 7.11 Å². The highest BCUT2D eigenvalue weighted by Gasteiger charge is 2.12. The Balaban J connectivity index is 1.59. The molecule has 0 fully saturated rings. The van der Waals surface area contributed by atoms with E-state index in [0.29, 0.717) is 28.7 Å². The first-order valence-corrected chi connectivity index (χ1v) is 8.15. The number of nitrogens with one attached hydrogen (secondary N) is 3. The van der Waals surface area contributed by atoms with Crippen molar-refractivity contribution >= 4 is 17.5 Å². The van der Waals surface area contributed by atoms with E-state index in [2.05, 4.69) is 21.0 Å². The fourth-order valence-corrected chi connectivity index (χ4v) is 2.62. The second-order valence-corrected chi connectivity index (χ2v) is 5.87. The number of nitrogens with zero attached hydrogens (tertiary/aromatic N) is 1. The number of phenols is 1. The van der Waals surface area contributed by atoms with Gasteiger partial charge in [-0.15, -0.1) is 0 Å². The van der Waals surface area contributed by atoms with E-state index in [1.54, 1.807) is 30.3 Å². The van der Waals surface area contributed by atoms with Gasteiger partial charge in [-0.05, 0) is 29.8 Å². The van der Waals surface area contributed by atoms with E-state index in [0.717, 1.165) is 11.1 Å². The molecule has 0 unspecified atom stereocenters. The first-order chi connectivity index (χ1) is 12.6. The highest BCUT2D eigenvalue weighted by molar-refractivity contribution is 6.33. The maximum atomic E-state index is 12.2. The van der Waals surface area contributed by atoms with Crippen molar-refractivity contribution in [1.29, 1.82) is 0 Å². The number of carbonyl (C=O) groups excluding carboxylic acids is 1. The van der Waals surface area contributed by atoms with E-state index in [1.165, 1.54) is 7.11 Å². The number of aromatic hydroxyl groups is 1. The summed E-state index contributed by atoms with van der Waals surface area (Å²) in [4.78, 5) is 12.2. The lowest BCUT2D eigenvalue weighted by atomic mass is 10.1. The number of hydrazine groups is 1. The number of carbonyl (C=O) groups is 1. The van der Waals surface area contributed by atoms with Crippen LogP contribution in [0.2, 0.25) is 5.02 Å². The summed E-state index contributed by atoms with van der Waals surface area (Å²) in [6.45, 7) is 0.328. The standard InChI is InChI=1S/C18H17ClN4O3/c1-26-17-7-6-11(8-16(17)24)10-20-23-18(25)15-9-14(21-22-15)12-4-2-3-5-13(12)19/h2-9,20,24H,10H2,1H3,(H,21,22)(H,23,25). The number of ether oxygens (including phenoxy) is 1. The average molecular weight is 373 g/mol. The van der Waals surface area contributed by atoms with Crippen LogP contribution < -0.4 is 15.6 Å². The minimum absolute atomic E-state index is 0.0380. The second kappa shape index (κ2) is 7.90. The first kappa shape index (κ1) is 17.8. The number of benzene rings is 2. The highest BCUT2D eigenvalue weighted by atomic mass is 35.5. The number of amides is 1. The third kappa shape index (κ3) is 3.96. The van der Waals surface area contributed by atoms with Crippen LogP contribution in [0.5, 0.6) is 11.5 Å².